The lowest BCUT2D eigenvalue weighted by Crippen LogP contribution is -2.20. The Bertz CT molecular complexity index is 429. The van der Waals surface area contributed by atoms with Crippen LogP contribution in [0.25, 0.3) is 0 Å². The van der Waals surface area contributed by atoms with Gasteiger partial charge in [-0.1, -0.05) is 11.6 Å². The van der Waals surface area contributed by atoms with Crippen LogP contribution in [0.15, 0.2) is 4.52 Å². The van der Waals surface area contributed by atoms with E-state index < -0.39 is 0 Å². The number of fused-ring (bicyclic) bond motifs is 2. The first-order valence-corrected chi connectivity index (χ1v) is 6.29. The molecule has 5 heteroatoms. The van der Waals surface area contributed by atoms with Crippen LogP contribution in [0.4, 0.5) is 0 Å². The predicted octanol–water partition coefficient (Wildman–Crippen LogP) is 1.26. The molecule has 1 aromatic rings. The van der Waals surface area contributed by atoms with Gasteiger partial charge in [-0.15, -0.1) is 0 Å². The normalized spacial score (nSPS) is 30.8. The first-order chi connectivity index (χ1) is 8.26. The van der Waals surface area contributed by atoms with Crippen molar-refractivity contribution in [2.75, 3.05) is 7.05 Å². The van der Waals surface area contributed by atoms with E-state index >= 15 is 0 Å². The summed E-state index contributed by atoms with van der Waals surface area (Å²) >= 11 is 0. The highest BCUT2D eigenvalue weighted by molar-refractivity contribution is 5.77. The summed E-state index contributed by atoms with van der Waals surface area (Å²) in [6.07, 6.45) is 5.37. The van der Waals surface area contributed by atoms with Crippen LogP contribution in [-0.2, 0) is 11.2 Å². The molecule has 0 unspecified atom stereocenters. The van der Waals surface area contributed by atoms with Crippen molar-refractivity contribution in [3.8, 4) is 0 Å². The number of hydrogen-bond acceptors (Lipinski definition) is 4. The number of nitrogens with zero attached hydrogens (tertiary/aromatic N) is 2. The zero-order valence-electron chi connectivity index (χ0n) is 9.98. The van der Waals surface area contributed by atoms with E-state index in [0.717, 1.165) is 17.7 Å². The average molecular weight is 235 g/mol. The lowest BCUT2D eigenvalue weighted by molar-refractivity contribution is -0.120. The van der Waals surface area contributed by atoms with Gasteiger partial charge in [0.25, 0.3) is 0 Å². The van der Waals surface area contributed by atoms with Crippen LogP contribution < -0.4 is 5.32 Å². The lowest BCUT2D eigenvalue weighted by Gasteiger charge is -2.16. The second-order valence-electron chi connectivity index (χ2n) is 5.18. The summed E-state index contributed by atoms with van der Waals surface area (Å²) in [5, 5.41) is 6.44. The molecule has 0 aromatic carbocycles. The van der Waals surface area contributed by atoms with Gasteiger partial charge in [0.2, 0.25) is 11.8 Å². The maximum atomic E-state index is 11.2. The van der Waals surface area contributed by atoms with Crippen LogP contribution in [0.2, 0.25) is 0 Å². The fourth-order valence-corrected chi connectivity index (χ4v) is 3.27. The highest BCUT2D eigenvalue weighted by Crippen LogP contribution is 2.52. The molecule has 0 aliphatic heterocycles. The lowest BCUT2D eigenvalue weighted by atomic mass is 9.89. The molecule has 2 bridgehead atoms. The highest BCUT2D eigenvalue weighted by Gasteiger charge is 2.42. The van der Waals surface area contributed by atoms with Crippen molar-refractivity contribution in [3.63, 3.8) is 0 Å². The molecule has 2 aliphatic carbocycles. The van der Waals surface area contributed by atoms with Crippen molar-refractivity contribution in [1.29, 1.82) is 0 Å². The Morgan fingerprint density at radius 1 is 1.47 bits per heavy atom. The molecule has 0 radical (unpaired) electrons. The summed E-state index contributed by atoms with van der Waals surface area (Å²) in [5.41, 5.74) is 0. The van der Waals surface area contributed by atoms with E-state index in [1.165, 1.54) is 25.7 Å². The standard InChI is InChI=1S/C12H17N3O2/c1-13-11(16)6-10-14-12(17-15-10)9-5-7-2-3-8(9)4-7/h7-9H,2-6H2,1H3,(H,13,16)/t7-,8-,9+/m0/s1. The monoisotopic (exact) mass is 235 g/mol. The SMILES string of the molecule is CNC(=O)Cc1noc([C@@H]2C[C@H]3CC[C@H]2C3)n1. The quantitative estimate of drug-likeness (QED) is 0.856. The summed E-state index contributed by atoms with van der Waals surface area (Å²) in [6.45, 7) is 0. The molecule has 92 valence electrons. The number of nitrogens with one attached hydrogen (secondary N) is 1. The third kappa shape index (κ3) is 1.94. The number of aromatic nitrogens is 2. The van der Waals surface area contributed by atoms with E-state index in [1.54, 1.807) is 7.05 Å². The Labute approximate surface area is 100.0 Å². The predicted molar refractivity (Wildman–Crippen MR) is 60.3 cm³/mol. The number of hydrogen-bond donors (Lipinski definition) is 1. The molecule has 2 fully saturated rings. The van der Waals surface area contributed by atoms with Gasteiger partial charge in [0.1, 0.15) is 0 Å². The minimum absolute atomic E-state index is 0.0784. The van der Waals surface area contributed by atoms with Crippen LogP contribution in [0.3, 0.4) is 0 Å². The van der Waals surface area contributed by atoms with Gasteiger partial charge in [0.05, 0.1) is 6.42 Å². The third-order valence-electron chi connectivity index (χ3n) is 4.14. The molecule has 0 saturated heterocycles. The van der Waals surface area contributed by atoms with Gasteiger partial charge in [-0.05, 0) is 31.1 Å². The van der Waals surface area contributed by atoms with E-state index in [1.807, 2.05) is 0 Å². The van der Waals surface area contributed by atoms with Gasteiger partial charge in [-0.2, -0.15) is 4.98 Å². The van der Waals surface area contributed by atoms with E-state index in [9.17, 15) is 4.79 Å². The molecule has 2 aliphatic rings. The molecule has 1 N–H and O–H groups in total. The van der Waals surface area contributed by atoms with E-state index in [0.29, 0.717) is 11.7 Å². The molecular weight excluding hydrogens is 218 g/mol. The molecule has 3 atom stereocenters. The minimum atomic E-state index is -0.0784. The second-order valence-corrected chi connectivity index (χ2v) is 5.18. The topological polar surface area (TPSA) is 68.0 Å². The number of carbonyl (C=O) groups excluding carboxylic acids is 1. The number of amides is 1. The van der Waals surface area contributed by atoms with Crippen molar-refractivity contribution >= 4 is 5.91 Å². The van der Waals surface area contributed by atoms with Gasteiger partial charge >= 0.3 is 0 Å². The van der Waals surface area contributed by atoms with E-state index in [2.05, 4.69) is 15.5 Å². The first kappa shape index (κ1) is 10.7. The van der Waals surface area contributed by atoms with Crippen LogP contribution in [-0.4, -0.2) is 23.1 Å². The minimum Gasteiger partial charge on any atom is -0.359 e. The van der Waals surface area contributed by atoms with Gasteiger partial charge in [0, 0.05) is 13.0 Å². The Hall–Kier alpha value is -1.39. The molecule has 1 heterocycles. The summed E-state index contributed by atoms with van der Waals surface area (Å²) in [5.74, 6) is 3.20. The summed E-state index contributed by atoms with van der Waals surface area (Å²) in [4.78, 5) is 15.6. The van der Waals surface area contributed by atoms with Crippen molar-refractivity contribution in [3.05, 3.63) is 11.7 Å². The number of rotatable bonds is 3. The smallest absolute Gasteiger partial charge is 0.230 e. The Morgan fingerprint density at radius 3 is 3.00 bits per heavy atom. The molecular formula is C12H17N3O2. The van der Waals surface area contributed by atoms with Crippen LogP contribution in [0.5, 0.6) is 0 Å². The third-order valence-corrected chi connectivity index (χ3v) is 4.14. The summed E-state index contributed by atoms with van der Waals surface area (Å²) in [6, 6.07) is 0. The fourth-order valence-electron chi connectivity index (χ4n) is 3.27. The van der Waals surface area contributed by atoms with Crippen LogP contribution in [0.1, 0.15) is 43.3 Å². The molecule has 1 amide bonds. The van der Waals surface area contributed by atoms with Crippen molar-refractivity contribution in [2.45, 2.75) is 38.0 Å². The average Bonchev–Trinajstić information content (AvgIpc) is 3.03. The largest absolute Gasteiger partial charge is 0.359 e. The van der Waals surface area contributed by atoms with Crippen molar-refractivity contribution in [2.24, 2.45) is 11.8 Å². The summed E-state index contributed by atoms with van der Waals surface area (Å²) < 4.78 is 5.31. The summed E-state index contributed by atoms with van der Waals surface area (Å²) in [7, 11) is 1.61. The Kier molecular flexibility index (Phi) is 2.61. The zero-order chi connectivity index (χ0) is 11.8. The molecule has 17 heavy (non-hydrogen) atoms. The van der Waals surface area contributed by atoms with Gasteiger partial charge in [0.15, 0.2) is 5.82 Å². The second kappa shape index (κ2) is 4.13. The van der Waals surface area contributed by atoms with Crippen LogP contribution in [0, 0.1) is 11.8 Å². The van der Waals surface area contributed by atoms with Crippen molar-refractivity contribution in [1.82, 2.24) is 15.5 Å². The van der Waals surface area contributed by atoms with Gasteiger partial charge in [-0.25, -0.2) is 0 Å². The van der Waals surface area contributed by atoms with E-state index in [-0.39, 0.29) is 12.3 Å². The Balaban J connectivity index is 1.70. The number of carbonyl (C=O) groups is 1. The Morgan fingerprint density at radius 2 is 2.35 bits per heavy atom. The fraction of sp³-hybridized carbons (Fsp3) is 0.750. The van der Waals surface area contributed by atoms with Gasteiger partial charge < -0.3 is 9.84 Å². The number of likely N-dealkylation sites (N-methyl/N-ethyl adjacent to an activating group) is 1. The van der Waals surface area contributed by atoms with Crippen molar-refractivity contribution < 1.29 is 9.32 Å². The molecule has 2 saturated carbocycles. The zero-order valence-corrected chi connectivity index (χ0v) is 9.98. The maximum absolute atomic E-state index is 11.2. The molecule has 3 rings (SSSR count). The highest BCUT2D eigenvalue weighted by atomic mass is 16.5. The van der Waals surface area contributed by atoms with E-state index in [4.69, 9.17) is 4.52 Å². The maximum Gasteiger partial charge on any atom is 0.230 e. The molecule has 0 spiro atoms. The molecule has 5 nitrogen and oxygen atoms in total. The molecule has 1 aromatic heterocycles. The first-order valence-electron chi connectivity index (χ1n) is 6.29. The van der Waals surface area contributed by atoms with Crippen LogP contribution >= 0.6 is 0 Å². The van der Waals surface area contributed by atoms with Gasteiger partial charge in [-0.3, -0.25) is 4.79 Å².